The summed E-state index contributed by atoms with van der Waals surface area (Å²) in [6, 6.07) is 17.0. The van der Waals surface area contributed by atoms with Crippen LogP contribution in [0.5, 0.6) is 0 Å². The molecular weight excluding hydrogens is 420 g/mol. The number of imide groups is 1. The van der Waals surface area contributed by atoms with Crippen molar-refractivity contribution >= 4 is 40.4 Å². The fraction of sp³-hybridized carbons (Fsp3) is 0.185. The average Bonchev–Trinajstić information content (AvgIpc) is 2.97. The molecule has 5 heteroatoms. The van der Waals surface area contributed by atoms with E-state index in [9.17, 15) is 9.59 Å². The van der Waals surface area contributed by atoms with E-state index in [1.54, 1.807) is 6.07 Å². The summed E-state index contributed by atoms with van der Waals surface area (Å²) in [5.74, 6) is -0.726. The molecule has 162 valence electrons. The maximum absolute atomic E-state index is 13.7. The zero-order valence-electron chi connectivity index (χ0n) is 18.8. The van der Waals surface area contributed by atoms with Gasteiger partial charge in [-0.15, -0.1) is 0 Å². The van der Waals surface area contributed by atoms with Gasteiger partial charge in [-0.25, -0.2) is 4.90 Å². The topological polar surface area (TPSA) is 49.4 Å². The molecule has 1 N–H and O–H groups in total. The molecule has 3 aromatic rings. The van der Waals surface area contributed by atoms with Gasteiger partial charge in [0, 0.05) is 10.7 Å². The summed E-state index contributed by atoms with van der Waals surface area (Å²) >= 11 is 6.30. The van der Waals surface area contributed by atoms with E-state index >= 15 is 0 Å². The molecular formula is C27H25ClN2O2. The lowest BCUT2D eigenvalue weighted by molar-refractivity contribution is -0.120. The van der Waals surface area contributed by atoms with Crippen LogP contribution in [0.1, 0.15) is 33.4 Å². The van der Waals surface area contributed by atoms with Crippen LogP contribution < -0.4 is 10.2 Å². The van der Waals surface area contributed by atoms with Crippen LogP contribution in [0.3, 0.4) is 0 Å². The summed E-state index contributed by atoms with van der Waals surface area (Å²) in [5.41, 5.74) is 7.64. The first-order valence-corrected chi connectivity index (χ1v) is 10.9. The molecule has 1 heterocycles. The van der Waals surface area contributed by atoms with Gasteiger partial charge in [-0.05, 0) is 86.7 Å². The Morgan fingerprint density at radius 2 is 1.44 bits per heavy atom. The second kappa shape index (κ2) is 8.29. The monoisotopic (exact) mass is 444 g/mol. The van der Waals surface area contributed by atoms with Gasteiger partial charge < -0.3 is 5.32 Å². The Bertz CT molecular complexity index is 1310. The van der Waals surface area contributed by atoms with Gasteiger partial charge in [0.25, 0.3) is 11.8 Å². The molecule has 0 spiro atoms. The minimum atomic E-state index is -0.384. The Morgan fingerprint density at radius 1 is 0.719 bits per heavy atom. The summed E-state index contributed by atoms with van der Waals surface area (Å²) in [7, 11) is 0. The number of anilines is 2. The number of nitrogens with one attached hydrogen (secondary N) is 1. The van der Waals surface area contributed by atoms with Crippen LogP contribution in [0.15, 0.2) is 60.3 Å². The smallest absolute Gasteiger partial charge is 0.282 e. The number of carbonyl (C=O) groups excluding carboxylic acids is 2. The quantitative estimate of drug-likeness (QED) is 0.482. The predicted octanol–water partition coefficient (Wildman–Crippen LogP) is 6.28. The van der Waals surface area contributed by atoms with Gasteiger partial charge in [0.2, 0.25) is 0 Å². The molecule has 32 heavy (non-hydrogen) atoms. The summed E-state index contributed by atoms with van der Waals surface area (Å²) < 4.78 is 0. The predicted molar refractivity (Wildman–Crippen MR) is 131 cm³/mol. The van der Waals surface area contributed by atoms with Crippen molar-refractivity contribution in [1.82, 2.24) is 0 Å². The zero-order valence-corrected chi connectivity index (χ0v) is 19.6. The standard InChI is InChI=1S/C27H25ClN2O2/c1-15-6-11-22(19(5)12-15)24-25(29-20-9-7-17(3)23(28)14-20)27(32)30(26(24)31)21-10-8-16(2)18(4)13-21/h6-14,29H,1-5H3. The second-order valence-corrected chi connectivity index (χ2v) is 8.78. The lowest BCUT2D eigenvalue weighted by atomic mass is 9.97. The minimum absolute atomic E-state index is 0.250. The third-order valence-corrected chi connectivity index (χ3v) is 6.33. The van der Waals surface area contributed by atoms with Gasteiger partial charge in [-0.1, -0.05) is 47.5 Å². The molecule has 0 fully saturated rings. The maximum atomic E-state index is 13.7. The zero-order chi connectivity index (χ0) is 23.2. The van der Waals surface area contributed by atoms with Crippen LogP contribution in [0.2, 0.25) is 5.02 Å². The van der Waals surface area contributed by atoms with E-state index in [0.717, 1.165) is 33.4 Å². The van der Waals surface area contributed by atoms with Crippen LogP contribution in [0, 0.1) is 34.6 Å². The number of halogens is 1. The first-order valence-electron chi connectivity index (χ1n) is 10.5. The van der Waals surface area contributed by atoms with Crippen molar-refractivity contribution in [3.63, 3.8) is 0 Å². The normalized spacial score (nSPS) is 13.9. The third kappa shape index (κ3) is 3.82. The number of carbonyl (C=O) groups is 2. The Morgan fingerprint density at radius 3 is 2.09 bits per heavy atom. The fourth-order valence-electron chi connectivity index (χ4n) is 3.90. The van der Waals surface area contributed by atoms with Gasteiger partial charge >= 0.3 is 0 Å². The summed E-state index contributed by atoms with van der Waals surface area (Å²) in [4.78, 5) is 28.5. The number of aryl methyl sites for hydroxylation is 5. The molecule has 1 aliphatic rings. The molecule has 4 nitrogen and oxygen atoms in total. The highest BCUT2D eigenvalue weighted by Gasteiger charge is 2.40. The number of benzene rings is 3. The van der Waals surface area contributed by atoms with E-state index in [4.69, 9.17) is 11.6 Å². The van der Waals surface area contributed by atoms with Crippen molar-refractivity contribution in [2.24, 2.45) is 0 Å². The van der Waals surface area contributed by atoms with E-state index < -0.39 is 0 Å². The number of hydrogen-bond donors (Lipinski definition) is 1. The van der Waals surface area contributed by atoms with Gasteiger partial charge in [0.15, 0.2) is 0 Å². The van der Waals surface area contributed by atoms with Crippen molar-refractivity contribution < 1.29 is 9.59 Å². The molecule has 1 aliphatic heterocycles. The van der Waals surface area contributed by atoms with Gasteiger partial charge in [-0.3, -0.25) is 9.59 Å². The molecule has 0 bridgehead atoms. The lowest BCUT2D eigenvalue weighted by Crippen LogP contribution is -2.32. The van der Waals surface area contributed by atoms with Gasteiger partial charge in [0.05, 0.1) is 11.3 Å². The van der Waals surface area contributed by atoms with Crippen molar-refractivity contribution in [2.45, 2.75) is 34.6 Å². The molecule has 4 rings (SSSR count). The molecule has 0 saturated heterocycles. The van der Waals surface area contributed by atoms with Crippen LogP contribution in [0.4, 0.5) is 11.4 Å². The Balaban J connectivity index is 1.87. The second-order valence-electron chi connectivity index (χ2n) is 8.37. The molecule has 0 saturated carbocycles. The van der Waals surface area contributed by atoms with Crippen molar-refractivity contribution in [2.75, 3.05) is 10.2 Å². The summed E-state index contributed by atoms with van der Waals surface area (Å²) in [6.07, 6.45) is 0. The van der Waals surface area contributed by atoms with E-state index in [1.807, 2.05) is 83.1 Å². The lowest BCUT2D eigenvalue weighted by Gasteiger charge is -2.17. The number of nitrogens with zero attached hydrogens (tertiary/aromatic N) is 1. The van der Waals surface area contributed by atoms with E-state index in [0.29, 0.717) is 22.0 Å². The summed E-state index contributed by atoms with van der Waals surface area (Å²) in [6.45, 7) is 9.84. The number of amides is 2. The molecule has 0 radical (unpaired) electrons. The number of hydrogen-bond acceptors (Lipinski definition) is 3. The fourth-order valence-corrected chi connectivity index (χ4v) is 4.08. The maximum Gasteiger partial charge on any atom is 0.282 e. The third-order valence-electron chi connectivity index (χ3n) is 5.93. The van der Waals surface area contributed by atoms with Gasteiger partial charge in [0.1, 0.15) is 5.70 Å². The highest BCUT2D eigenvalue weighted by atomic mass is 35.5. The van der Waals surface area contributed by atoms with E-state index in [-0.39, 0.29) is 17.5 Å². The molecule has 3 aromatic carbocycles. The molecule has 0 unspecified atom stereocenters. The van der Waals surface area contributed by atoms with E-state index in [2.05, 4.69) is 5.32 Å². The first-order chi connectivity index (χ1) is 15.2. The molecule has 2 amide bonds. The van der Waals surface area contributed by atoms with Crippen molar-refractivity contribution in [1.29, 1.82) is 0 Å². The summed E-state index contributed by atoms with van der Waals surface area (Å²) in [5, 5.41) is 3.78. The average molecular weight is 445 g/mol. The highest BCUT2D eigenvalue weighted by Crippen LogP contribution is 2.36. The van der Waals surface area contributed by atoms with Crippen LogP contribution in [-0.2, 0) is 9.59 Å². The van der Waals surface area contributed by atoms with Crippen molar-refractivity contribution in [3.8, 4) is 0 Å². The highest BCUT2D eigenvalue weighted by molar-refractivity contribution is 6.46. The Labute approximate surface area is 193 Å². The van der Waals surface area contributed by atoms with Crippen LogP contribution in [0.25, 0.3) is 5.57 Å². The molecule has 0 aliphatic carbocycles. The largest absolute Gasteiger partial charge is 0.350 e. The number of rotatable bonds is 4. The minimum Gasteiger partial charge on any atom is -0.350 e. The molecule has 0 atom stereocenters. The Kier molecular flexibility index (Phi) is 5.66. The SMILES string of the molecule is Cc1ccc(C2=C(Nc3ccc(C)c(Cl)c3)C(=O)N(c3ccc(C)c(C)c3)C2=O)c(C)c1. The van der Waals surface area contributed by atoms with Gasteiger partial charge in [-0.2, -0.15) is 0 Å². The Hall–Kier alpha value is -3.37. The first kappa shape index (κ1) is 21.8. The van der Waals surface area contributed by atoms with Crippen LogP contribution >= 0.6 is 11.6 Å². The molecule has 0 aromatic heterocycles. The van der Waals surface area contributed by atoms with E-state index in [1.165, 1.54) is 4.90 Å². The van der Waals surface area contributed by atoms with Crippen LogP contribution in [-0.4, -0.2) is 11.8 Å². The van der Waals surface area contributed by atoms with Crippen molar-refractivity contribution in [3.05, 3.63) is 98.7 Å².